The van der Waals surface area contributed by atoms with Crippen molar-refractivity contribution in [3.63, 3.8) is 0 Å². The predicted octanol–water partition coefficient (Wildman–Crippen LogP) is 2.45. The minimum absolute atomic E-state index is 0.178. The van der Waals surface area contributed by atoms with Gasteiger partial charge in [0.15, 0.2) is 0 Å². The van der Waals surface area contributed by atoms with Gasteiger partial charge >= 0.3 is 0 Å². The fourth-order valence-electron chi connectivity index (χ4n) is 2.24. The van der Waals surface area contributed by atoms with Crippen molar-refractivity contribution in [2.75, 3.05) is 19.6 Å². The maximum atomic E-state index is 5.92. The van der Waals surface area contributed by atoms with Gasteiger partial charge in [0.05, 0.1) is 0 Å². The van der Waals surface area contributed by atoms with E-state index >= 15 is 0 Å². The Bertz CT molecular complexity index is 236. The van der Waals surface area contributed by atoms with Gasteiger partial charge in [0.1, 0.15) is 0 Å². The van der Waals surface area contributed by atoms with E-state index in [2.05, 4.69) is 44.5 Å². The van der Waals surface area contributed by atoms with Crippen molar-refractivity contribution in [3.8, 4) is 0 Å². The highest BCUT2D eigenvalue weighted by Crippen LogP contribution is 2.21. The van der Waals surface area contributed by atoms with E-state index in [4.69, 9.17) is 11.6 Å². The molecule has 0 aromatic rings. The highest BCUT2D eigenvalue weighted by Gasteiger charge is 2.33. The van der Waals surface area contributed by atoms with Crippen molar-refractivity contribution in [2.24, 2.45) is 5.92 Å². The minimum atomic E-state index is 0.178. The van der Waals surface area contributed by atoms with Gasteiger partial charge in [0.2, 0.25) is 0 Å². The third kappa shape index (κ3) is 3.78. The van der Waals surface area contributed by atoms with Crippen LogP contribution in [-0.2, 0) is 0 Å². The molecule has 1 aliphatic rings. The number of rotatable bonds is 3. The molecule has 15 heavy (non-hydrogen) atoms. The van der Waals surface area contributed by atoms with Crippen molar-refractivity contribution in [1.82, 2.24) is 10.2 Å². The lowest BCUT2D eigenvalue weighted by Gasteiger charge is -2.46. The Morgan fingerprint density at radius 1 is 1.60 bits per heavy atom. The summed E-state index contributed by atoms with van der Waals surface area (Å²) in [4.78, 5) is 2.44. The average Bonchev–Trinajstić information content (AvgIpc) is 1.99. The van der Waals surface area contributed by atoms with Gasteiger partial charge in [-0.25, -0.2) is 0 Å². The monoisotopic (exact) mass is 230 g/mol. The second-order valence-corrected chi connectivity index (χ2v) is 6.03. The van der Waals surface area contributed by atoms with Crippen molar-refractivity contribution in [2.45, 2.75) is 39.3 Å². The number of hydrogen-bond acceptors (Lipinski definition) is 2. The van der Waals surface area contributed by atoms with Gasteiger partial charge in [-0.1, -0.05) is 32.0 Å². The lowest BCUT2D eigenvalue weighted by Crippen LogP contribution is -2.63. The Balaban J connectivity index is 2.69. The minimum Gasteiger partial charge on any atom is -0.309 e. The quantitative estimate of drug-likeness (QED) is 0.802. The number of piperazine rings is 1. The van der Waals surface area contributed by atoms with Crippen molar-refractivity contribution in [3.05, 3.63) is 11.6 Å². The average molecular weight is 231 g/mol. The van der Waals surface area contributed by atoms with Crippen LogP contribution >= 0.6 is 11.6 Å². The zero-order valence-corrected chi connectivity index (χ0v) is 11.1. The predicted molar refractivity (Wildman–Crippen MR) is 67.3 cm³/mol. The molecule has 0 saturated carbocycles. The molecule has 88 valence electrons. The summed E-state index contributed by atoms with van der Waals surface area (Å²) in [5, 5.41) is 4.31. The van der Waals surface area contributed by atoms with E-state index < -0.39 is 0 Å². The first-order chi connectivity index (χ1) is 6.82. The maximum absolute atomic E-state index is 5.92. The first-order valence-corrected chi connectivity index (χ1v) is 6.02. The van der Waals surface area contributed by atoms with Crippen LogP contribution in [0, 0.1) is 5.92 Å². The Labute approximate surface area is 98.7 Å². The summed E-state index contributed by atoms with van der Waals surface area (Å²) in [5.41, 5.74) is 0.178. The van der Waals surface area contributed by atoms with E-state index in [1.54, 1.807) is 0 Å². The van der Waals surface area contributed by atoms with Gasteiger partial charge in [0.25, 0.3) is 0 Å². The van der Waals surface area contributed by atoms with Crippen LogP contribution in [0.4, 0.5) is 0 Å². The standard InChI is InChI=1S/C12H23ClN2/c1-9(2)11-6-14-12(4,5)8-15(11)7-10(3)13/h9,11,14H,3,6-8H2,1-2,4-5H3. The SMILES string of the molecule is C=C(Cl)CN1CC(C)(C)NCC1C(C)C. The Morgan fingerprint density at radius 2 is 2.20 bits per heavy atom. The molecule has 0 aliphatic carbocycles. The molecule has 1 fully saturated rings. The molecule has 0 aromatic carbocycles. The summed E-state index contributed by atoms with van der Waals surface area (Å²) >= 11 is 5.92. The van der Waals surface area contributed by atoms with Gasteiger partial charge in [-0.05, 0) is 19.8 Å². The summed E-state index contributed by atoms with van der Waals surface area (Å²) in [6.45, 7) is 15.6. The van der Waals surface area contributed by atoms with Gasteiger partial charge in [0, 0.05) is 36.2 Å². The van der Waals surface area contributed by atoms with Crippen LogP contribution < -0.4 is 5.32 Å². The zero-order valence-electron chi connectivity index (χ0n) is 10.3. The second kappa shape index (κ2) is 4.86. The Kier molecular flexibility index (Phi) is 4.21. The van der Waals surface area contributed by atoms with E-state index in [-0.39, 0.29) is 5.54 Å². The van der Waals surface area contributed by atoms with E-state index in [1.165, 1.54) is 0 Å². The fourth-order valence-corrected chi connectivity index (χ4v) is 2.40. The summed E-state index contributed by atoms with van der Waals surface area (Å²) in [5.74, 6) is 0.643. The van der Waals surface area contributed by atoms with Crippen LogP contribution in [0.2, 0.25) is 0 Å². The summed E-state index contributed by atoms with van der Waals surface area (Å²) in [7, 11) is 0. The van der Waals surface area contributed by atoms with E-state index in [1.807, 2.05) is 0 Å². The van der Waals surface area contributed by atoms with Crippen molar-refractivity contribution >= 4 is 11.6 Å². The molecule has 0 aromatic heterocycles. The number of nitrogens with one attached hydrogen (secondary N) is 1. The van der Waals surface area contributed by atoms with Crippen molar-refractivity contribution < 1.29 is 0 Å². The molecular weight excluding hydrogens is 208 g/mol. The van der Waals surface area contributed by atoms with E-state index in [0.717, 1.165) is 24.7 Å². The Hall–Kier alpha value is -0.0500. The van der Waals surface area contributed by atoms with Crippen LogP contribution in [0.1, 0.15) is 27.7 Å². The van der Waals surface area contributed by atoms with E-state index in [0.29, 0.717) is 12.0 Å². The number of halogens is 1. The van der Waals surface area contributed by atoms with Gasteiger partial charge in [-0.15, -0.1) is 0 Å². The van der Waals surface area contributed by atoms with Gasteiger partial charge in [-0.3, -0.25) is 4.90 Å². The van der Waals surface area contributed by atoms with E-state index in [9.17, 15) is 0 Å². The highest BCUT2D eigenvalue weighted by atomic mass is 35.5. The summed E-state index contributed by atoms with van der Waals surface area (Å²) in [6.07, 6.45) is 0. The lowest BCUT2D eigenvalue weighted by molar-refractivity contribution is 0.0797. The molecule has 1 aliphatic heterocycles. The lowest BCUT2D eigenvalue weighted by atomic mass is 9.93. The first-order valence-electron chi connectivity index (χ1n) is 5.64. The molecule has 1 N–H and O–H groups in total. The highest BCUT2D eigenvalue weighted by molar-refractivity contribution is 6.29. The van der Waals surface area contributed by atoms with Crippen LogP contribution in [0.25, 0.3) is 0 Å². The molecule has 2 nitrogen and oxygen atoms in total. The molecule has 1 rings (SSSR count). The largest absolute Gasteiger partial charge is 0.309 e. The fraction of sp³-hybridized carbons (Fsp3) is 0.833. The molecule has 0 amide bonds. The van der Waals surface area contributed by atoms with Crippen LogP contribution in [-0.4, -0.2) is 36.1 Å². The number of nitrogens with zero attached hydrogens (tertiary/aromatic N) is 1. The van der Waals surface area contributed by atoms with Crippen LogP contribution in [0.15, 0.2) is 11.6 Å². The van der Waals surface area contributed by atoms with Crippen molar-refractivity contribution in [1.29, 1.82) is 0 Å². The molecule has 0 radical (unpaired) electrons. The zero-order chi connectivity index (χ0) is 11.6. The molecular formula is C12H23ClN2. The van der Waals surface area contributed by atoms with Gasteiger partial charge in [-0.2, -0.15) is 0 Å². The normalized spacial score (nSPS) is 26.9. The number of hydrogen-bond donors (Lipinski definition) is 1. The molecule has 1 atom stereocenters. The maximum Gasteiger partial charge on any atom is 0.0340 e. The second-order valence-electron chi connectivity index (χ2n) is 5.50. The molecule has 1 heterocycles. The third-order valence-corrected chi connectivity index (χ3v) is 3.12. The molecule has 3 heteroatoms. The summed E-state index contributed by atoms with van der Waals surface area (Å²) in [6, 6.07) is 0.563. The smallest absolute Gasteiger partial charge is 0.0340 e. The molecule has 1 saturated heterocycles. The molecule has 0 bridgehead atoms. The molecule has 0 spiro atoms. The topological polar surface area (TPSA) is 15.3 Å². The van der Waals surface area contributed by atoms with Crippen LogP contribution in [0.3, 0.4) is 0 Å². The Morgan fingerprint density at radius 3 is 2.67 bits per heavy atom. The van der Waals surface area contributed by atoms with Gasteiger partial charge < -0.3 is 5.32 Å². The summed E-state index contributed by atoms with van der Waals surface area (Å²) < 4.78 is 0. The third-order valence-electron chi connectivity index (χ3n) is 3.00. The first kappa shape index (κ1) is 13.0. The molecule has 1 unspecified atom stereocenters. The van der Waals surface area contributed by atoms with Crippen LogP contribution in [0.5, 0.6) is 0 Å².